The first-order chi connectivity index (χ1) is 10.1. The Morgan fingerprint density at radius 3 is 2.57 bits per heavy atom. The van der Waals surface area contributed by atoms with Crippen LogP contribution in [0.15, 0.2) is 57.8 Å². The first kappa shape index (κ1) is 12.8. The van der Waals surface area contributed by atoms with Crippen molar-refractivity contribution in [2.75, 3.05) is 0 Å². The van der Waals surface area contributed by atoms with E-state index >= 15 is 0 Å². The van der Waals surface area contributed by atoms with Crippen molar-refractivity contribution in [2.45, 2.75) is 0 Å². The second-order valence-electron chi connectivity index (χ2n) is 4.20. The Hall–Kier alpha value is -3.22. The van der Waals surface area contributed by atoms with Crippen molar-refractivity contribution in [2.24, 2.45) is 5.16 Å². The van der Waals surface area contributed by atoms with E-state index in [2.05, 4.69) is 9.99 Å². The summed E-state index contributed by atoms with van der Waals surface area (Å²) < 4.78 is 5.15. The fourth-order valence-corrected chi connectivity index (χ4v) is 1.87. The minimum atomic E-state index is -0.597. The minimum Gasteiger partial charge on any atom is -0.465 e. The van der Waals surface area contributed by atoms with Crippen LogP contribution in [0.3, 0.4) is 0 Å². The Labute approximate surface area is 118 Å². The number of oxime groups is 1. The molecule has 0 amide bonds. The molecule has 3 rings (SSSR count). The molecular formula is C14H8N2O5. The molecule has 1 aromatic carbocycles. The Balaban J connectivity index is 1.97. The molecule has 21 heavy (non-hydrogen) atoms. The fraction of sp³-hybridized carbons (Fsp3) is 0. The molecule has 0 saturated carbocycles. The average molecular weight is 284 g/mol. The summed E-state index contributed by atoms with van der Waals surface area (Å²) in [5.41, 5.74) is 1.05. The number of benzene rings is 1. The van der Waals surface area contributed by atoms with Gasteiger partial charge in [0.25, 0.3) is 5.69 Å². The van der Waals surface area contributed by atoms with E-state index in [1.54, 1.807) is 12.1 Å². The number of hydrogen-bond donors (Lipinski definition) is 0. The lowest BCUT2D eigenvalue weighted by atomic mass is 10.0. The monoisotopic (exact) mass is 284 g/mol. The smallest absolute Gasteiger partial charge is 0.368 e. The zero-order valence-corrected chi connectivity index (χ0v) is 10.6. The van der Waals surface area contributed by atoms with E-state index in [4.69, 9.17) is 4.42 Å². The van der Waals surface area contributed by atoms with E-state index in [-0.39, 0.29) is 11.3 Å². The van der Waals surface area contributed by atoms with Crippen LogP contribution in [-0.2, 0) is 9.63 Å². The van der Waals surface area contributed by atoms with Crippen molar-refractivity contribution in [1.82, 2.24) is 0 Å². The molecular weight excluding hydrogens is 276 g/mol. The Morgan fingerprint density at radius 2 is 1.95 bits per heavy atom. The number of furan rings is 1. The topological polar surface area (TPSA) is 94.9 Å². The molecule has 1 aliphatic heterocycles. The number of nitro groups is 1. The summed E-state index contributed by atoms with van der Waals surface area (Å²) in [4.78, 5) is 26.5. The third-order valence-electron chi connectivity index (χ3n) is 2.88. The van der Waals surface area contributed by atoms with Crippen LogP contribution in [0.4, 0.5) is 5.69 Å². The van der Waals surface area contributed by atoms with Gasteiger partial charge in [0.05, 0.1) is 16.8 Å². The van der Waals surface area contributed by atoms with Gasteiger partial charge in [-0.3, -0.25) is 10.1 Å². The van der Waals surface area contributed by atoms with Crippen molar-refractivity contribution in [1.29, 1.82) is 0 Å². The van der Waals surface area contributed by atoms with Crippen LogP contribution in [0, 0.1) is 10.1 Å². The lowest BCUT2D eigenvalue weighted by Gasteiger charge is -1.99. The molecule has 0 bridgehead atoms. The average Bonchev–Trinajstić information content (AvgIpc) is 3.11. The van der Waals surface area contributed by atoms with Crippen molar-refractivity contribution < 1.29 is 19.0 Å². The largest absolute Gasteiger partial charge is 0.465 e. The molecule has 104 valence electrons. The van der Waals surface area contributed by atoms with E-state index in [0.29, 0.717) is 17.0 Å². The molecule has 1 aliphatic rings. The summed E-state index contributed by atoms with van der Waals surface area (Å²) in [7, 11) is 0. The Bertz CT molecular complexity index is 757. The normalized spacial score (nSPS) is 15.9. The number of nitrogens with zero attached hydrogens (tertiary/aromatic N) is 2. The molecule has 0 N–H and O–H groups in total. The van der Waals surface area contributed by atoms with Crippen molar-refractivity contribution in [3.8, 4) is 0 Å². The van der Waals surface area contributed by atoms with Gasteiger partial charge in [0, 0.05) is 17.7 Å². The molecule has 1 aromatic heterocycles. The SMILES string of the molecule is O=C1ON=C(c2ccc([N+](=O)[O-])cc2)C1=Cc1ccco1. The van der Waals surface area contributed by atoms with Crippen molar-refractivity contribution >= 4 is 23.4 Å². The van der Waals surface area contributed by atoms with Crippen molar-refractivity contribution in [3.63, 3.8) is 0 Å². The van der Waals surface area contributed by atoms with Crippen LogP contribution < -0.4 is 0 Å². The van der Waals surface area contributed by atoms with Crippen LogP contribution in [0.5, 0.6) is 0 Å². The van der Waals surface area contributed by atoms with Gasteiger partial charge in [-0.25, -0.2) is 4.79 Å². The highest BCUT2D eigenvalue weighted by atomic mass is 16.7. The third-order valence-corrected chi connectivity index (χ3v) is 2.88. The third kappa shape index (κ3) is 2.44. The molecule has 0 spiro atoms. The maximum absolute atomic E-state index is 11.7. The van der Waals surface area contributed by atoms with Crippen molar-refractivity contribution in [3.05, 3.63) is 69.7 Å². The van der Waals surface area contributed by atoms with Gasteiger partial charge in [-0.05, 0) is 30.3 Å². The molecule has 0 unspecified atom stereocenters. The van der Waals surface area contributed by atoms with Gasteiger partial charge >= 0.3 is 5.97 Å². The van der Waals surface area contributed by atoms with E-state index in [9.17, 15) is 14.9 Å². The van der Waals surface area contributed by atoms with Gasteiger partial charge in [-0.2, -0.15) is 0 Å². The molecule has 0 saturated heterocycles. The van der Waals surface area contributed by atoms with Gasteiger partial charge in [-0.15, -0.1) is 0 Å². The number of non-ortho nitro benzene ring substituents is 1. The van der Waals surface area contributed by atoms with Crippen LogP contribution in [0.1, 0.15) is 11.3 Å². The van der Waals surface area contributed by atoms with E-state index in [1.807, 2.05) is 0 Å². The lowest BCUT2D eigenvalue weighted by molar-refractivity contribution is -0.384. The van der Waals surface area contributed by atoms with Crippen LogP contribution in [0.2, 0.25) is 0 Å². The summed E-state index contributed by atoms with van der Waals surface area (Å²) in [6.45, 7) is 0. The number of nitro benzene ring substituents is 1. The second kappa shape index (κ2) is 5.04. The van der Waals surface area contributed by atoms with Gasteiger partial charge in [-0.1, -0.05) is 5.16 Å². The maximum Gasteiger partial charge on any atom is 0.368 e. The van der Waals surface area contributed by atoms with Gasteiger partial charge in [0.2, 0.25) is 0 Å². The van der Waals surface area contributed by atoms with Gasteiger partial charge < -0.3 is 9.25 Å². The first-order valence-corrected chi connectivity index (χ1v) is 5.95. The molecule has 0 radical (unpaired) electrons. The Kier molecular flexibility index (Phi) is 3.07. The van der Waals surface area contributed by atoms with Gasteiger partial charge in [0.1, 0.15) is 11.5 Å². The van der Waals surface area contributed by atoms with Crippen LogP contribution in [0.25, 0.3) is 6.08 Å². The highest BCUT2D eigenvalue weighted by Gasteiger charge is 2.27. The summed E-state index contributed by atoms with van der Waals surface area (Å²) in [6, 6.07) is 9.07. The Morgan fingerprint density at radius 1 is 1.19 bits per heavy atom. The summed E-state index contributed by atoms with van der Waals surface area (Å²) in [5.74, 6) is -0.113. The standard InChI is InChI=1S/C14H8N2O5/c17-14-12(8-11-2-1-7-20-11)13(15-21-14)9-3-5-10(6-4-9)16(18)19/h1-8H. The minimum absolute atomic E-state index is 0.0406. The van der Waals surface area contributed by atoms with E-state index in [0.717, 1.165) is 0 Å². The van der Waals surface area contributed by atoms with E-state index in [1.165, 1.54) is 36.6 Å². The molecule has 7 heteroatoms. The van der Waals surface area contributed by atoms with Crippen LogP contribution >= 0.6 is 0 Å². The molecule has 2 aromatic rings. The van der Waals surface area contributed by atoms with Crippen LogP contribution in [-0.4, -0.2) is 16.6 Å². The zero-order chi connectivity index (χ0) is 14.8. The molecule has 2 heterocycles. The number of hydrogen-bond acceptors (Lipinski definition) is 6. The lowest BCUT2D eigenvalue weighted by Crippen LogP contribution is -2.06. The predicted molar refractivity (Wildman–Crippen MR) is 72.4 cm³/mol. The second-order valence-corrected chi connectivity index (χ2v) is 4.20. The van der Waals surface area contributed by atoms with E-state index < -0.39 is 10.9 Å². The molecule has 7 nitrogen and oxygen atoms in total. The molecule has 0 fully saturated rings. The number of carbonyl (C=O) groups excluding carboxylic acids is 1. The quantitative estimate of drug-likeness (QED) is 0.373. The first-order valence-electron chi connectivity index (χ1n) is 5.95. The number of carbonyl (C=O) groups is 1. The highest BCUT2D eigenvalue weighted by Crippen LogP contribution is 2.22. The zero-order valence-electron chi connectivity index (χ0n) is 10.6. The number of rotatable bonds is 3. The molecule has 0 aliphatic carbocycles. The summed E-state index contributed by atoms with van der Waals surface area (Å²) in [5, 5.41) is 14.3. The summed E-state index contributed by atoms with van der Waals surface area (Å²) in [6.07, 6.45) is 2.99. The summed E-state index contributed by atoms with van der Waals surface area (Å²) >= 11 is 0. The highest BCUT2D eigenvalue weighted by molar-refractivity contribution is 6.31. The molecule has 0 atom stereocenters. The predicted octanol–water partition coefficient (Wildman–Crippen LogP) is 2.53. The maximum atomic E-state index is 11.7. The van der Waals surface area contributed by atoms with Gasteiger partial charge in [0.15, 0.2) is 0 Å². The fourth-order valence-electron chi connectivity index (χ4n) is 1.87.